The van der Waals surface area contributed by atoms with E-state index in [0.29, 0.717) is 11.8 Å². The monoisotopic (exact) mass is 378 g/mol. The molecule has 1 unspecified atom stereocenters. The minimum atomic E-state index is -0.406. The van der Waals surface area contributed by atoms with Crippen molar-refractivity contribution >= 4 is 11.6 Å². The summed E-state index contributed by atoms with van der Waals surface area (Å²) in [4.78, 5) is 4.91. The molecule has 1 aliphatic rings. The Bertz CT molecular complexity index is 737. The Labute approximate surface area is 159 Å². The fourth-order valence-electron chi connectivity index (χ4n) is 3.43. The van der Waals surface area contributed by atoms with Gasteiger partial charge < -0.3 is 15.6 Å². The van der Waals surface area contributed by atoms with Crippen LogP contribution in [0.3, 0.4) is 0 Å². The van der Waals surface area contributed by atoms with Gasteiger partial charge in [0.25, 0.3) is 0 Å². The summed E-state index contributed by atoms with van der Waals surface area (Å²) in [5, 5.41) is 3.53. The number of imidazole rings is 1. The van der Waals surface area contributed by atoms with Crippen molar-refractivity contribution in [2.75, 3.05) is 13.1 Å². The van der Waals surface area contributed by atoms with Crippen molar-refractivity contribution in [1.29, 1.82) is 0 Å². The van der Waals surface area contributed by atoms with Gasteiger partial charge in [0.15, 0.2) is 0 Å². The molecule has 2 heterocycles. The number of hydrogen-bond donors (Lipinski definition) is 2. The van der Waals surface area contributed by atoms with Crippen molar-refractivity contribution in [1.82, 2.24) is 14.9 Å². The molecule has 0 saturated carbocycles. The van der Waals surface area contributed by atoms with Crippen LogP contribution in [0, 0.1) is 11.7 Å². The number of hydrogen-bond acceptors (Lipinski definition) is 3. The van der Waals surface area contributed by atoms with Gasteiger partial charge in [0.05, 0.1) is 10.7 Å². The van der Waals surface area contributed by atoms with E-state index in [1.165, 1.54) is 6.07 Å². The topological polar surface area (TPSA) is 55.9 Å². The average molecular weight is 379 g/mol. The molecular formula is C20H28ClFN4. The third kappa shape index (κ3) is 4.45. The highest BCUT2D eigenvalue weighted by atomic mass is 35.5. The van der Waals surface area contributed by atoms with Crippen LogP contribution in [0.1, 0.15) is 44.9 Å². The summed E-state index contributed by atoms with van der Waals surface area (Å²) in [6, 6.07) is 4.95. The second kappa shape index (κ2) is 8.51. The highest BCUT2D eigenvalue weighted by molar-refractivity contribution is 6.31. The van der Waals surface area contributed by atoms with Crippen LogP contribution >= 0.6 is 11.6 Å². The van der Waals surface area contributed by atoms with Crippen molar-refractivity contribution in [3.63, 3.8) is 0 Å². The second-order valence-corrected chi connectivity index (χ2v) is 7.93. The first-order valence-electron chi connectivity index (χ1n) is 9.44. The van der Waals surface area contributed by atoms with E-state index in [9.17, 15) is 4.39 Å². The minimum absolute atomic E-state index is 0.127. The molecule has 0 bridgehead atoms. The van der Waals surface area contributed by atoms with E-state index < -0.39 is 5.82 Å². The van der Waals surface area contributed by atoms with E-state index in [1.54, 1.807) is 12.1 Å². The van der Waals surface area contributed by atoms with Crippen LogP contribution in [0.2, 0.25) is 5.02 Å². The standard InChI is InChI=1S/C20H28ClFN4/c1-13(2)18(23)7-10-26-12-19(15-3-4-17(22)16(21)11-15)25-20(26)14-5-8-24-9-6-14/h3-4,11-14,18,24H,5-10,23H2,1-2H3. The molecule has 1 aromatic carbocycles. The maximum atomic E-state index is 13.5. The van der Waals surface area contributed by atoms with Gasteiger partial charge in [-0.1, -0.05) is 25.4 Å². The molecule has 0 spiro atoms. The van der Waals surface area contributed by atoms with Crippen LogP contribution in [-0.2, 0) is 6.54 Å². The zero-order valence-corrected chi connectivity index (χ0v) is 16.3. The van der Waals surface area contributed by atoms with Crippen molar-refractivity contribution < 1.29 is 4.39 Å². The molecule has 6 heteroatoms. The summed E-state index contributed by atoms with van der Waals surface area (Å²) in [6.45, 7) is 7.18. The van der Waals surface area contributed by atoms with E-state index >= 15 is 0 Å². The van der Waals surface area contributed by atoms with Crippen molar-refractivity contribution in [2.24, 2.45) is 11.7 Å². The number of rotatable bonds is 6. The lowest BCUT2D eigenvalue weighted by atomic mass is 9.97. The third-order valence-corrected chi connectivity index (χ3v) is 5.58. The molecule has 142 valence electrons. The summed E-state index contributed by atoms with van der Waals surface area (Å²) in [7, 11) is 0. The summed E-state index contributed by atoms with van der Waals surface area (Å²) < 4.78 is 15.7. The van der Waals surface area contributed by atoms with Crippen LogP contribution in [0.4, 0.5) is 4.39 Å². The Morgan fingerprint density at radius 2 is 2.08 bits per heavy atom. The maximum Gasteiger partial charge on any atom is 0.141 e. The third-order valence-electron chi connectivity index (χ3n) is 5.29. The van der Waals surface area contributed by atoms with Gasteiger partial charge in [0.1, 0.15) is 11.6 Å². The molecule has 1 aromatic heterocycles. The van der Waals surface area contributed by atoms with Crippen LogP contribution in [0.15, 0.2) is 24.4 Å². The van der Waals surface area contributed by atoms with E-state index in [0.717, 1.165) is 56.0 Å². The molecule has 1 fully saturated rings. The van der Waals surface area contributed by atoms with Crippen molar-refractivity contribution in [3.8, 4) is 11.3 Å². The Kier molecular flexibility index (Phi) is 6.33. The first-order chi connectivity index (χ1) is 12.5. The lowest BCUT2D eigenvalue weighted by Crippen LogP contribution is -2.30. The summed E-state index contributed by atoms with van der Waals surface area (Å²) in [5.41, 5.74) is 7.94. The number of halogens is 2. The number of nitrogens with two attached hydrogens (primary N) is 1. The summed E-state index contributed by atoms with van der Waals surface area (Å²) >= 11 is 5.96. The average Bonchev–Trinajstić information content (AvgIpc) is 3.07. The Morgan fingerprint density at radius 1 is 1.35 bits per heavy atom. The van der Waals surface area contributed by atoms with Gasteiger partial charge in [-0.3, -0.25) is 0 Å². The lowest BCUT2D eigenvalue weighted by Gasteiger charge is -2.24. The maximum absolute atomic E-state index is 13.5. The molecule has 0 amide bonds. The number of nitrogens with one attached hydrogen (secondary N) is 1. The highest BCUT2D eigenvalue weighted by Crippen LogP contribution is 2.30. The van der Waals surface area contributed by atoms with Gasteiger partial charge in [-0.2, -0.15) is 0 Å². The molecule has 1 saturated heterocycles. The molecule has 3 rings (SSSR count). The van der Waals surface area contributed by atoms with Crippen molar-refractivity contribution in [2.45, 2.75) is 51.6 Å². The van der Waals surface area contributed by atoms with E-state index in [4.69, 9.17) is 22.3 Å². The molecule has 3 N–H and O–H groups in total. The zero-order valence-electron chi connectivity index (χ0n) is 15.5. The molecule has 1 atom stereocenters. The van der Waals surface area contributed by atoms with Crippen LogP contribution < -0.4 is 11.1 Å². The zero-order chi connectivity index (χ0) is 18.7. The Balaban J connectivity index is 1.89. The summed E-state index contributed by atoms with van der Waals surface area (Å²) in [5.74, 6) is 1.60. The smallest absolute Gasteiger partial charge is 0.141 e. The molecule has 0 aliphatic carbocycles. The Morgan fingerprint density at radius 3 is 2.73 bits per heavy atom. The van der Waals surface area contributed by atoms with E-state index in [-0.39, 0.29) is 11.1 Å². The van der Waals surface area contributed by atoms with Gasteiger partial charge >= 0.3 is 0 Å². The number of aryl methyl sites for hydroxylation is 1. The SMILES string of the molecule is CC(C)C(N)CCn1cc(-c2ccc(F)c(Cl)c2)nc1C1CCNCC1. The predicted molar refractivity (Wildman–Crippen MR) is 105 cm³/mol. The molecule has 4 nitrogen and oxygen atoms in total. The number of nitrogens with zero attached hydrogens (tertiary/aromatic N) is 2. The first-order valence-corrected chi connectivity index (χ1v) is 9.82. The van der Waals surface area contributed by atoms with Gasteiger partial charge in [0.2, 0.25) is 0 Å². The highest BCUT2D eigenvalue weighted by Gasteiger charge is 2.22. The van der Waals surface area contributed by atoms with Gasteiger partial charge in [-0.25, -0.2) is 9.37 Å². The molecular weight excluding hydrogens is 351 g/mol. The number of piperidine rings is 1. The van der Waals surface area contributed by atoms with Gasteiger partial charge in [-0.15, -0.1) is 0 Å². The van der Waals surface area contributed by atoms with E-state index in [1.807, 2.05) is 0 Å². The first kappa shape index (κ1) is 19.3. The van der Waals surface area contributed by atoms with E-state index in [2.05, 4.69) is 29.9 Å². The second-order valence-electron chi connectivity index (χ2n) is 7.53. The molecule has 2 aromatic rings. The number of aromatic nitrogens is 2. The summed E-state index contributed by atoms with van der Waals surface area (Å²) in [6.07, 6.45) is 5.14. The molecule has 0 radical (unpaired) electrons. The lowest BCUT2D eigenvalue weighted by molar-refractivity contribution is 0.404. The largest absolute Gasteiger partial charge is 0.334 e. The predicted octanol–water partition coefficient (Wildman–Crippen LogP) is 4.18. The molecule has 26 heavy (non-hydrogen) atoms. The van der Waals surface area contributed by atoms with Gasteiger partial charge in [-0.05, 0) is 56.5 Å². The van der Waals surface area contributed by atoms with Crippen molar-refractivity contribution in [3.05, 3.63) is 41.1 Å². The molecule has 1 aliphatic heterocycles. The fraction of sp³-hybridized carbons (Fsp3) is 0.550. The van der Waals surface area contributed by atoms with Crippen LogP contribution in [-0.4, -0.2) is 28.7 Å². The number of benzene rings is 1. The van der Waals surface area contributed by atoms with Gasteiger partial charge in [0, 0.05) is 30.3 Å². The van der Waals surface area contributed by atoms with Crippen LogP contribution in [0.5, 0.6) is 0 Å². The normalized spacial score (nSPS) is 17.0. The minimum Gasteiger partial charge on any atom is -0.334 e. The Hall–Kier alpha value is -1.43. The van der Waals surface area contributed by atoms with Crippen LogP contribution in [0.25, 0.3) is 11.3 Å². The quantitative estimate of drug-likeness (QED) is 0.792. The fourth-order valence-corrected chi connectivity index (χ4v) is 3.61.